The van der Waals surface area contributed by atoms with E-state index in [4.69, 9.17) is 21.1 Å². The third-order valence-electron chi connectivity index (χ3n) is 5.65. The SMILES string of the molecule is COc1ccc(N2C(=O)CC(c3c(F)cccc3Cl)C3=C2CCCC3=O)c(OC)c1. The second-order valence-corrected chi connectivity index (χ2v) is 7.70. The van der Waals surface area contributed by atoms with Gasteiger partial charge in [0.15, 0.2) is 5.78 Å². The van der Waals surface area contributed by atoms with Crippen LogP contribution in [0.3, 0.4) is 0 Å². The number of amides is 1. The van der Waals surface area contributed by atoms with Crippen LogP contribution in [0.5, 0.6) is 11.5 Å². The Morgan fingerprint density at radius 2 is 1.90 bits per heavy atom. The van der Waals surface area contributed by atoms with Crippen molar-refractivity contribution in [1.82, 2.24) is 0 Å². The summed E-state index contributed by atoms with van der Waals surface area (Å²) in [5.41, 5.74) is 1.79. The standard InChI is InChI=1S/C23H21ClFNO4/c1-29-13-9-10-17(20(11-13)30-2)26-18-7-4-8-19(27)23(18)14(12-21(26)28)22-15(24)5-3-6-16(22)25/h3,5-6,9-11,14H,4,7-8,12H2,1-2H3. The van der Waals surface area contributed by atoms with Gasteiger partial charge in [-0.3, -0.25) is 14.5 Å². The first-order valence-electron chi connectivity index (χ1n) is 9.71. The zero-order valence-corrected chi connectivity index (χ0v) is 17.5. The number of ether oxygens (including phenoxy) is 2. The van der Waals surface area contributed by atoms with Crippen LogP contribution < -0.4 is 14.4 Å². The molecule has 156 valence electrons. The van der Waals surface area contributed by atoms with Crippen molar-refractivity contribution < 1.29 is 23.5 Å². The Balaban J connectivity index is 1.91. The van der Waals surface area contributed by atoms with Gasteiger partial charge in [0.1, 0.15) is 17.3 Å². The molecule has 30 heavy (non-hydrogen) atoms. The molecule has 0 aromatic heterocycles. The van der Waals surface area contributed by atoms with Gasteiger partial charge in [0, 0.05) is 46.7 Å². The Morgan fingerprint density at radius 1 is 1.10 bits per heavy atom. The van der Waals surface area contributed by atoms with Gasteiger partial charge in [-0.15, -0.1) is 0 Å². The van der Waals surface area contributed by atoms with Gasteiger partial charge in [-0.05, 0) is 37.1 Å². The Kier molecular flexibility index (Phi) is 5.52. The third-order valence-corrected chi connectivity index (χ3v) is 5.98. The van der Waals surface area contributed by atoms with Crippen molar-refractivity contribution >= 4 is 29.0 Å². The number of rotatable bonds is 4. The molecule has 0 saturated heterocycles. The number of allylic oxidation sites excluding steroid dienone is 2. The monoisotopic (exact) mass is 429 g/mol. The van der Waals surface area contributed by atoms with E-state index in [0.717, 1.165) is 0 Å². The number of hydrogen-bond donors (Lipinski definition) is 0. The number of Topliss-reactive ketones (excluding diaryl/α,β-unsaturated/α-hetero) is 1. The van der Waals surface area contributed by atoms with Crippen LogP contribution in [-0.2, 0) is 9.59 Å². The summed E-state index contributed by atoms with van der Waals surface area (Å²) in [6.07, 6.45) is 1.46. The molecule has 1 unspecified atom stereocenters. The zero-order valence-electron chi connectivity index (χ0n) is 16.7. The summed E-state index contributed by atoms with van der Waals surface area (Å²) in [5.74, 6) is -0.489. The van der Waals surface area contributed by atoms with Gasteiger partial charge in [0.25, 0.3) is 0 Å². The van der Waals surface area contributed by atoms with Gasteiger partial charge in [0.05, 0.1) is 19.9 Å². The number of ketones is 1. The van der Waals surface area contributed by atoms with Crippen molar-refractivity contribution in [3.05, 3.63) is 64.1 Å². The first kappa shape index (κ1) is 20.4. The number of anilines is 1. The van der Waals surface area contributed by atoms with Crippen LogP contribution in [-0.4, -0.2) is 25.9 Å². The topological polar surface area (TPSA) is 55.8 Å². The highest BCUT2D eigenvalue weighted by Gasteiger charge is 2.42. The first-order valence-corrected chi connectivity index (χ1v) is 10.1. The lowest BCUT2D eigenvalue weighted by Crippen LogP contribution is -2.41. The number of benzene rings is 2. The van der Waals surface area contributed by atoms with E-state index in [1.54, 1.807) is 31.4 Å². The number of carbonyl (C=O) groups excluding carboxylic acids is 2. The van der Waals surface area contributed by atoms with Crippen molar-refractivity contribution in [3.8, 4) is 11.5 Å². The first-order chi connectivity index (χ1) is 14.5. The number of methoxy groups -OCH3 is 2. The van der Waals surface area contributed by atoms with Crippen molar-refractivity contribution in [3.63, 3.8) is 0 Å². The highest BCUT2D eigenvalue weighted by molar-refractivity contribution is 6.31. The number of halogens is 2. The lowest BCUT2D eigenvalue weighted by atomic mass is 9.77. The lowest BCUT2D eigenvalue weighted by Gasteiger charge is -2.39. The molecular weight excluding hydrogens is 409 g/mol. The summed E-state index contributed by atoms with van der Waals surface area (Å²) in [7, 11) is 3.06. The van der Waals surface area contributed by atoms with Gasteiger partial charge < -0.3 is 9.47 Å². The molecule has 4 rings (SSSR count). The van der Waals surface area contributed by atoms with Crippen LogP contribution in [0.25, 0.3) is 0 Å². The third kappa shape index (κ3) is 3.35. The molecule has 0 spiro atoms. The Morgan fingerprint density at radius 3 is 2.60 bits per heavy atom. The van der Waals surface area contributed by atoms with Gasteiger partial charge in [-0.2, -0.15) is 0 Å². The fraction of sp³-hybridized carbons (Fsp3) is 0.304. The highest BCUT2D eigenvalue weighted by Crippen LogP contribution is 2.47. The summed E-state index contributed by atoms with van der Waals surface area (Å²) in [5, 5.41) is 0.216. The summed E-state index contributed by atoms with van der Waals surface area (Å²) >= 11 is 6.29. The minimum absolute atomic E-state index is 0.0551. The van der Waals surface area contributed by atoms with Gasteiger partial charge in [0.2, 0.25) is 5.91 Å². The van der Waals surface area contributed by atoms with E-state index in [9.17, 15) is 14.0 Å². The predicted molar refractivity (Wildman–Crippen MR) is 112 cm³/mol. The molecular formula is C23H21ClFNO4. The van der Waals surface area contributed by atoms with E-state index in [1.807, 2.05) is 0 Å². The maximum absolute atomic E-state index is 14.7. The van der Waals surface area contributed by atoms with Gasteiger partial charge in [-0.25, -0.2) is 4.39 Å². The van der Waals surface area contributed by atoms with E-state index in [-0.39, 0.29) is 28.7 Å². The van der Waals surface area contributed by atoms with Crippen molar-refractivity contribution in [2.75, 3.05) is 19.1 Å². The molecule has 1 aliphatic carbocycles. The van der Waals surface area contributed by atoms with Crippen LogP contribution in [0.2, 0.25) is 5.02 Å². The molecule has 1 atom stereocenters. The Labute approximate surface area is 179 Å². The van der Waals surface area contributed by atoms with E-state index < -0.39 is 11.7 Å². The average Bonchev–Trinajstić information content (AvgIpc) is 2.73. The van der Waals surface area contributed by atoms with Crippen LogP contribution in [0.4, 0.5) is 10.1 Å². The number of carbonyl (C=O) groups is 2. The number of hydrogen-bond acceptors (Lipinski definition) is 4. The quantitative estimate of drug-likeness (QED) is 0.684. The molecule has 2 aromatic rings. The van der Waals surface area contributed by atoms with E-state index in [1.165, 1.54) is 24.1 Å². The van der Waals surface area contributed by atoms with Crippen LogP contribution in [0.1, 0.15) is 37.2 Å². The van der Waals surface area contributed by atoms with Gasteiger partial charge in [-0.1, -0.05) is 17.7 Å². The summed E-state index contributed by atoms with van der Waals surface area (Å²) in [6, 6.07) is 9.55. The smallest absolute Gasteiger partial charge is 0.232 e. The van der Waals surface area contributed by atoms with Gasteiger partial charge >= 0.3 is 0 Å². The summed E-state index contributed by atoms with van der Waals surface area (Å²) < 4.78 is 25.4. The summed E-state index contributed by atoms with van der Waals surface area (Å²) in [6.45, 7) is 0. The molecule has 1 heterocycles. The highest BCUT2D eigenvalue weighted by atomic mass is 35.5. The minimum atomic E-state index is -0.700. The summed E-state index contributed by atoms with van der Waals surface area (Å²) in [4.78, 5) is 27.8. The van der Waals surface area contributed by atoms with Crippen LogP contribution >= 0.6 is 11.6 Å². The van der Waals surface area contributed by atoms with Crippen molar-refractivity contribution in [2.45, 2.75) is 31.6 Å². The maximum atomic E-state index is 14.7. The fourth-order valence-electron chi connectivity index (χ4n) is 4.33. The molecule has 2 aromatic carbocycles. The molecule has 0 fully saturated rings. The van der Waals surface area contributed by atoms with Crippen molar-refractivity contribution in [2.24, 2.45) is 0 Å². The molecule has 0 N–H and O–H groups in total. The molecule has 2 aliphatic rings. The van der Waals surface area contributed by atoms with E-state index >= 15 is 0 Å². The largest absolute Gasteiger partial charge is 0.497 e. The number of nitrogens with zero attached hydrogens (tertiary/aromatic N) is 1. The lowest BCUT2D eigenvalue weighted by molar-refractivity contribution is -0.120. The van der Waals surface area contributed by atoms with E-state index in [2.05, 4.69) is 0 Å². The Hall–Kier alpha value is -2.86. The molecule has 0 radical (unpaired) electrons. The minimum Gasteiger partial charge on any atom is -0.497 e. The normalized spacial score (nSPS) is 19.1. The molecule has 1 amide bonds. The molecule has 0 saturated carbocycles. The van der Waals surface area contributed by atoms with E-state index in [0.29, 0.717) is 47.7 Å². The predicted octanol–water partition coefficient (Wildman–Crippen LogP) is 5.02. The second kappa shape index (κ2) is 8.11. The maximum Gasteiger partial charge on any atom is 0.232 e. The zero-order chi connectivity index (χ0) is 21.4. The second-order valence-electron chi connectivity index (χ2n) is 7.30. The van der Waals surface area contributed by atoms with Crippen LogP contribution in [0, 0.1) is 5.82 Å². The molecule has 1 aliphatic heterocycles. The fourth-order valence-corrected chi connectivity index (χ4v) is 4.63. The molecule has 7 heteroatoms. The Bertz CT molecular complexity index is 1040. The molecule has 0 bridgehead atoms. The average molecular weight is 430 g/mol. The van der Waals surface area contributed by atoms with Crippen LogP contribution in [0.15, 0.2) is 47.7 Å². The van der Waals surface area contributed by atoms with Crippen molar-refractivity contribution in [1.29, 1.82) is 0 Å². The molecule has 5 nitrogen and oxygen atoms in total.